The van der Waals surface area contributed by atoms with Gasteiger partial charge in [-0.2, -0.15) is 0 Å². The maximum Gasteiger partial charge on any atom is 0.342 e. The van der Waals surface area contributed by atoms with Gasteiger partial charge in [0.1, 0.15) is 11.3 Å². The molecule has 0 heterocycles. The van der Waals surface area contributed by atoms with E-state index in [0.29, 0.717) is 17.9 Å². The SMILES string of the molecule is CCOC(=O)c1c(OC)cc2ccccc2c1C. The second kappa shape index (κ2) is 5.08. The fourth-order valence-electron chi connectivity index (χ4n) is 2.12. The zero-order valence-corrected chi connectivity index (χ0v) is 10.8. The third kappa shape index (κ3) is 2.04. The summed E-state index contributed by atoms with van der Waals surface area (Å²) in [5, 5.41) is 2.10. The lowest BCUT2D eigenvalue weighted by molar-refractivity contribution is 0.0522. The summed E-state index contributed by atoms with van der Waals surface area (Å²) < 4.78 is 10.4. The highest BCUT2D eigenvalue weighted by Crippen LogP contribution is 2.31. The van der Waals surface area contributed by atoms with Crippen LogP contribution in [0, 0.1) is 6.92 Å². The number of benzene rings is 2. The van der Waals surface area contributed by atoms with E-state index in [9.17, 15) is 4.79 Å². The largest absolute Gasteiger partial charge is 0.496 e. The quantitative estimate of drug-likeness (QED) is 0.777. The van der Waals surface area contributed by atoms with E-state index in [0.717, 1.165) is 16.3 Å². The highest BCUT2D eigenvalue weighted by molar-refractivity contribution is 6.01. The van der Waals surface area contributed by atoms with Crippen LogP contribution in [0.1, 0.15) is 22.8 Å². The average molecular weight is 244 g/mol. The predicted molar refractivity (Wildman–Crippen MR) is 71.2 cm³/mol. The molecule has 0 atom stereocenters. The number of ether oxygens (including phenoxy) is 2. The molecule has 18 heavy (non-hydrogen) atoms. The number of esters is 1. The maximum absolute atomic E-state index is 12.0. The van der Waals surface area contributed by atoms with Crippen LogP contribution in [0.4, 0.5) is 0 Å². The Morgan fingerprint density at radius 1 is 1.28 bits per heavy atom. The van der Waals surface area contributed by atoms with Crippen LogP contribution in [-0.2, 0) is 4.74 Å². The number of rotatable bonds is 3. The Hall–Kier alpha value is -2.03. The highest BCUT2D eigenvalue weighted by Gasteiger charge is 2.18. The molecule has 0 aromatic heterocycles. The van der Waals surface area contributed by atoms with Gasteiger partial charge in [0.25, 0.3) is 0 Å². The molecule has 0 aliphatic carbocycles. The number of fused-ring (bicyclic) bond motifs is 1. The van der Waals surface area contributed by atoms with Crippen molar-refractivity contribution in [1.82, 2.24) is 0 Å². The first-order valence-electron chi connectivity index (χ1n) is 5.92. The van der Waals surface area contributed by atoms with Gasteiger partial charge in [0.05, 0.1) is 13.7 Å². The first-order valence-corrected chi connectivity index (χ1v) is 5.92. The minimum atomic E-state index is -0.336. The summed E-state index contributed by atoms with van der Waals surface area (Å²) in [7, 11) is 1.56. The van der Waals surface area contributed by atoms with Crippen LogP contribution in [0.25, 0.3) is 10.8 Å². The third-order valence-corrected chi connectivity index (χ3v) is 2.97. The van der Waals surface area contributed by atoms with Gasteiger partial charge < -0.3 is 9.47 Å². The molecule has 0 spiro atoms. The van der Waals surface area contributed by atoms with E-state index < -0.39 is 0 Å². The van der Waals surface area contributed by atoms with Crippen LogP contribution >= 0.6 is 0 Å². The van der Waals surface area contributed by atoms with Gasteiger partial charge in [-0.15, -0.1) is 0 Å². The van der Waals surface area contributed by atoms with Gasteiger partial charge in [-0.05, 0) is 36.2 Å². The number of hydrogen-bond donors (Lipinski definition) is 0. The van der Waals surface area contributed by atoms with Crippen molar-refractivity contribution in [3.8, 4) is 5.75 Å². The highest BCUT2D eigenvalue weighted by atomic mass is 16.5. The molecule has 0 fully saturated rings. The summed E-state index contributed by atoms with van der Waals surface area (Å²) >= 11 is 0. The Bertz CT molecular complexity index is 588. The van der Waals surface area contributed by atoms with Gasteiger partial charge in [0.15, 0.2) is 0 Å². The number of carbonyl (C=O) groups excluding carboxylic acids is 1. The normalized spacial score (nSPS) is 10.4. The molecule has 2 rings (SSSR count). The standard InChI is InChI=1S/C15H16O3/c1-4-18-15(16)14-10(2)12-8-6-5-7-11(12)9-13(14)17-3/h5-9H,4H2,1-3H3. The first kappa shape index (κ1) is 12.4. The Morgan fingerprint density at radius 2 is 2.00 bits per heavy atom. The summed E-state index contributed by atoms with van der Waals surface area (Å²) in [6.07, 6.45) is 0. The van der Waals surface area contributed by atoms with Crippen molar-refractivity contribution >= 4 is 16.7 Å². The van der Waals surface area contributed by atoms with Gasteiger partial charge >= 0.3 is 5.97 Å². The third-order valence-electron chi connectivity index (χ3n) is 2.97. The van der Waals surface area contributed by atoms with Crippen molar-refractivity contribution < 1.29 is 14.3 Å². The van der Waals surface area contributed by atoms with Crippen LogP contribution in [0.15, 0.2) is 30.3 Å². The van der Waals surface area contributed by atoms with Gasteiger partial charge in [-0.3, -0.25) is 0 Å². The molecule has 0 unspecified atom stereocenters. The van der Waals surface area contributed by atoms with E-state index in [1.54, 1.807) is 14.0 Å². The van der Waals surface area contributed by atoms with Crippen molar-refractivity contribution in [2.45, 2.75) is 13.8 Å². The molecule has 3 heteroatoms. The van der Waals surface area contributed by atoms with Crippen molar-refractivity contribution in [3.63, 3.8) is 0 Å². The number of carbonyl (C=O) groups is 1. The zero-order valence-electron chi connectivity index (χ0n) is 10.8. The molecule has 0 N–H and O–H groups in total. The van der Waals surface area contributed by atoms with Gasteiger partial charge in [-0.25, -0.2) is 4.79 Å². The summed E-state index contributed by atoms with van der Waals surface area (Å²) in [4.78, 5) is 12.0. The Kier molecular flexibility index (Phi) is 3.51. The Balaban J connectivity index is 2.70. The van der Waals surface area contributed by atoms with Crippen molar-refractivity contribution in [1.29, 1.82) is 0 Å². The van der Waals surface area contributed by atoms with Gasteiger partial charge in [0, 0.05) is 0 Å². The summed E-state index contributed by atoms with van der Waals surface area (Å²) in [5.41, 5.74) is 1.40. The predicted octanol–water partition coefficient (Wildman–Crippen LogP) is 3.33. The van der Waals surface area contributed by atoms with Crippen LogP contribution in [0.3, 0.4) is 0 Å². The topological polar surface area (TPSA) is 35.5 Å². The van der Waals surface area contributed by atoms with Crippen LogP contribution < -0.4 is 4.74 Å². The van der Waals surface area contributed by atoms with Gasteiger partial charge in [-0.1, -0.05) is 24.3 Å². The lowest BCUT2D eigenvalue weighted by Crippen LogP contribution is -2.09. The maximum atomic E-state index is 12.0. The molecule has 0 bridgehead atoms. The van der Waals surface area contributed by atoms with E-state index in [2.05, 4.69) is 0 Å². The zero-order chi connectivity index (χ0) is 13.1. The molecule has 94 valence electrons. The van der Waals surface area contributed by atoms with Crippen LogP contribution in [0.5, 0.6) is 5.75 Å². The van der Waals surface area contributed by atoms with E-state index in [4.69, 9.17) is 9.47 Å². The number of methoxy groups -OCH3 is 1. The molecular formula is C15H16O3. The Morgan fingerprint density at radius 3 is 2.67 bits per heavy atom. The molecule has 0 amide bonds. The molecule has 2 aromatic rings. The molecule has 0 aliphatic heterocycles. The summed E-state index contributed by atoms with van der Waals surface area (Å²) in [6, 6.07) is 9.78. The summed E-state index contributed by atoms with van der Waals surface area (Å²) in [6.45, 7) is 4.06. The molecule has 2 aromatic carbocycles. The van der Waals surface area contributed by atoms with E-state index in [-0.39, 0.29) is 5.97 Å². The van der Waals surface area contributed by atoms with E-state index in [1.807, 2.05) is 37.3 Å². The van der Waals surface area contributed by atoms with Crippen LogP contribution in [-0.4, -0.2) is 19.7 Å². The molecule has 0 aliphatic rings. The fraction of sp³-hybridized carbons (Fsp3) is 0.267. The van der Waals surface area contributed by atoms with Crippen molar-refractivity contribution in [2.24, 2.45) is 0 Å². The van der Waals surface area contributed by atoms with Crippen molar-refractivity contribution in [3.05, 3.63) is 41.5 Å². The van der Waals surface area contributed by atoms with E-state index >= 15 is 0 Å². The Labute approximate surface area is 106 Å². The fourth-order valence-corrected chi connectivity index (χ4v) is 2.12. The number of hydrogen-bond acceptors (Lipinski definition) is 3. The average Bonchev–Trinajstić information content (AvgIpc) is 2.38. The molecule has 0 radical (unpaired) electrons. The second-order valence-corrected chi connectivity index (χ2v) is 4.02. The minimum absolute atomic E-state index is 0.336. The second-order valence-electron chi connectivity index (χ2n) is 4.02. The molecular weight excluding hydrogens is 228 g/mol. The first-order chi connectivity index (χ1) is 8.69. The lowest BCUT2D eigenvalue weighted by Gasteiger charge is -2.13. The van der Waals surface area contributed by atoms with Crippen LogP contribution in [0.2, 0.25) is 0 Å². The molecule has 0 saturated heterocycles. The van der Waals surface area contributed by atoms with E-state index in [1.165, 1.54) is 0 Å². The van der Waals surface area contributed by atoms with Gasteiger partial charge in [0.2, 0.25) is 0 Å². The van der Waals surface area contributed by atoms with Crippen molar-refractivity contribution in [2.75, 3.05) is 13.7 Å². The molecule has 0 saturated carbocycles. The molecule has 3 nitrogen and oxygen atoms in total. The summed E-state index contributed by atoms with van der Waals surface area (Å²) in [5.74, 6) is 0.224. The number of aryl methyl sites for hydroxylation is 1. The monoisotopic (exact) mass is 244 g/mol. The smallest absolute Gasteiger partial charge is 0.342 e. The lowest BCUT2D eigenvalue weighted by atomic mass is 9.99. The minimum Gasteiger partial charge on any atom is -0.496 e.